The van der Waals surface area contributed by atoms with Gasteiger partial charge in [-0.15, -0.1) is 0 Å². The number of unbranched alkanes of at least 4 members (excludes halogenated alkanes) is 23. The largest absolute Gasteiger partial charge is 0.465 e. The highest BCUT2D eigenvalue weighted by atomic mass is 32.2. The van der Waals surface area contributed by atoms with Crippen molar-refractivity contribution >= 4 is 17.9 Å². The van der Waals surface area contributed by atoms with Crippen molar-refractivity contribution < 1.29 is 9.90 Å². The molecule has 0 atom stereocenters. The van der Waals surface area contributed by atoms with E-state index in [9.17, 15) is 9.90 Å². The van der Waals surface area contributed by atoms with Gasteiger partial charge in [-0.1, -0.05) is 146 Å². The molecule has 4 nitrogen and oxygen atoms in total. The number of thioether (sulfide) groups is 1. The molecule has 0 fully saturated rings. The topological polar surface area (TPSA) is 43.8 Å². The summed E-state index contributed by atoms with van der Waals surface area (Å²) in [7, 11) is 4.31. The number of carbonyl (C=O) groups is 1. The van der Waals surface area contributed by atoms with E-state index in [0.29, 0.717) is 13.1 Å². The highest BCUT2D eigenvalue weighted by Crippen LogP contribution is 2.13. The van der Waals surface area contributed by atoms with Gasteiger partial charge >= 0.3 is 6.09 Å². The Kier molecular flexibility index (Phi) is 39.2. The molecule has 0 spiro atoms. The van der Waals surface area contributed by atoms with Crippen molar-refractivity contribution in [2.75, 3.05) is 45.2 Å². The van der Waals surface area contributed by atoms with E-state index in [1.165, 1.54) is 173 Å². The third kappa shape index (κ3) is 39.2. The van der Waals surface area contributed by atoms with Crippen molar-refractivity contribution in [2.24, 2.45) is 0 Å². The first-order valence-corrected chi connectivity index (χ1v) is 21.9. The van der Waals surface area contributed by atoms with E-state index >= 15 is 0 Å². The molecule has 0 bridgehead atoms. The van der Waals surface area contributed by atoms with Crippen LogP contribution in [0.5, 0.6) is 0 Å². The van der Waals surface area contributed by atoms with Crippen LogP contribution in [-0.4, -0.2) is 66.2 Å². The Hall–Kier alpha value is -1.20. The highest BCUT2D eigenvalue weighted by Gasteiger charge is 2.10. The molecule has 0 radical (unpaired) electrons. The zero-order chi connectivity index (χ0) is 35.0. The molecule has 0 aliphatic rings. The van der Waals surface area contributed by atoms with Crippen molar-refractivity contribution in [2.45, 2.75) is 187 Å². The van der Waals surface area contributed by atoms with Crippen LogP contribution < -0.4 is 0 Å². The first-order valence-electron chi connectivity index (χ1n) is 20.7. The zero-order valence-corrected chi connectivity index (χ0v) is 33.3. The molecule has 0 aliphatic heterocycles. The van der Waals surface area contributed by atoms with Crippen LogP contribution in [0, 0.1) is 0 Å². The molecule has 0 unspecified atom stereocenters. The molecule has 0 heterocycles. The zero-order valence-electron chi connectivity index (χ0n) is 32.5. The van der Waals surface area contributed by atoms with Gasteiger partial charge in [-0.25, -0.2) is 4.79 Å². The first-order chi connectivity index (χ1) is 23.6. The van der Waals surface area contributed by atoms with Gasteiger partial charge in [0.15, 0.2) is 0 Å². The van der Waals surface area contributed by atoms with Crippen LogP contribution in [-0.2, 0) is 0 Å². The number of allylic oxidation sites excluding steroid dienone is 6. The lowest BCUT2D eigenvalue weighted by Gasteiger charge is -2.18. The van der Waals surface area contributed by atoms with E-state index in [1.807, 2.05) is 11.8 Å². The molecule has 0 rings (SSSR count). The lowest BCUT2D eigenvalue weighted by Crippen LogP contribution is -2.32. The summed E-state index contributed by atoms with van der Waals surface area (Å²) in [6.45, 7) is 4.86. The maximum Gasteiger partial charge on any atom is 0.407 e. The van der Waals surface area contributed by atoms with Gasteiger partial charge in [0, 0.05) is 18.8 Å². The molecule has 0 aromatic heterocycles. The maximum absolute atomic E-state index is 11.7. The summed E-state index contributed by atoms with van der Waals surface area (Å²) in [5.41, 5.74) is 0. The average molecular weight is 691 g/mol. The van der Waals surface area contributed by atoms with Gasteiger partial charge in [0.05, 0.1) is 0 Å². The van der Waals surface area contributed by atoms with E-state index in [4.69, 9.17) is 0 Å². The molecular weight excluding hydrogens is 609 g/mol. The third-order valence-corrected chi connectivity index (χ3v) is 10.3. The summed E-state index contributed by atoms with van der Waals surface area (Å²) in [6, 6.07) is 0. The van der Waals surface area contributed by atoms with Gasteiger partial charge in [0.1, 0.15) is 0 Å². The number of carboxylic acid groups (broad SMARTS) is 1. The SMILES string of the molecule is CCCCCCCC/C=C\CCCCCCCCSCCN(CCCCCCCC/C=C\C/C=C\CCCCCCCN(C)C)C(=O)O. The number of nitrogens with zero attached hydrogens (tertiary/aromatic N) is 2. The summed E-state index contributed by atoms with van der Waals surface area (Å²) in [5.74, 6) is 2.09. The van der Waals surface area contributed by atoms with Gasteiger partial charge < -0.3 is 14.9 Å². The number of hydrogen-bond acceptors (Lipinski definition) is 3. The third-order valence-electron chi connectivity index (χ3n) is 9.21. The van der Waals surface area contributed by atoms with E-state index in [1.54, 1.807) is 4.90 Å². The van der Waals surface area contributed by atoms with Crippen molar-refractivity contribution in [1.82, 2.24) is 9.80 Å². The Morgan fingerprint density at radius 3 is 1.33 bits per heavy atom. The molecular formula is C43H82N2O2S. The van der Waals surface area contributed by atoms with Crippen molar-refractivity contribution in [3.8, 4) is 0 Å². The van der Waals surface area contributed by atoms with E-state index in [-0.39, 0.29) is 0 Å². The predicted molar refractivity (Wildman–Crippen MR) is 218 cm³/mol. The van der Waals surface area contributed by atoms with Crippen molar-refractivity contribution in [3.63, 3.8) is 0 Å². The minimum Gasteiger partial charge on any atom is -0.465 e. The molecule has 1 N–H and O–H groups in total. The van der Waals surface area contributed by atoms with E-state index in [0.717, 1.165) is 25.0 Å². The van der Waals surface area contributed by atoms with Gasteiger partial charge in [0.25, 0.3) is 0 Å². The quantitative estimate of drug-likeness (QED) is 0.0517. The Morgan fingerprint density at radius 1 is 0.479 bits per heavy atom. The Bertz CT molecular complexity index is 736. The molecule has 48 heavy (non-hydrogen) atoms. The molecule has 5 heteroatoms. The Balaban J connectivity index is 3.47. The van der Waals surface area contributed by atoms with Gasteiger partial charge in [-0.3, -0.25) is 0 Å². The van der Waals surface area contributed by atoms with Gasteiger partial charge in [0.2, 0.25) is 0 Å². The maximum atomic E-state index is 11.7. The van der Waals surface area contributed by atoms with Crippen LogP contribution in [0.15, 0.2) is 36.5 Å². The van der Waals surface area contributed by atoms with Crippen LogP contribution in [0.25, 0.3) is 0 Å². The monoisotopic (exact) mass is 691 g/mol. The highest BCUT2D eigenvalue weighted by molar-refractivity contribution is 7.99. The average Bonchev–Trinajstić information content (AvgIpc) is 3.07. The standard InChI is InChI=1S/C43H82N2O2S/c1-4-5-6-7-8-9-10-11-12-19-22-25-28-31-34-37-41-48-42-40-45(43(46)47)39-36-33-30-27-24-21-18-16-14-13-15-17-20-23-26-29-32-35-38-44(2)3/h11-12,14-17H,4-10,13,18-42H2,1-3H3,(H,46,47)/b12-11-,16-14-,17-15-. The minimum atomic E-state index is -0.749. The Morgan fingerprint density at radius 2 is 0.875 bits per heavy atom. The number of amides is 1. The van der Waals surface area contributed by atoms with Crippen LogP contribution in [0.4, 0.5) is 4.79 Å². The second kappa shape index (κ2) is 40.2. The molecule has 0 aromatic rings. The van der Waals surface area contributed by atoms with Crippen LogP contribution in [0.2, 0.25) is 0 Å². The molecule has 282 valence electrons. The fourth-order valence-electron chi connectivity index (χ4n) is 6.03. The van der Waals surface area contributed by atoms with Crippen molar-refractivity contribution in [3.05, 3.63) is 36.5 Å². The molecule has 1 amide bonds. The molecule has 0 aromatic carbocycles. The molecule has 0 aliphatic carbocycles. The van der Waals surface area contributed by atoms with Crippen LogP contribution in [0.1, 0.15) is 187 Å². The van der Waals surface area contributed by atoms with Crippen molar-refractivity contribution in [1.29, 1.82) is 0 Å². The predicted octanol–water partition coefficient (Wildman–Crippen LogP) is 13.9. The first kappa shape index (κ1) is 46.8. The molecule has 0 saturated carbocycles. The second-order valence-corrected chi connectivity index (χ2v) is 15.5. The fourth-order valence-corrected chi connectivity index (χ4v) is 6.99. The minimum absolute atomic E-state index is 0.672. The second-order valence-electron chi connectivity index (χ2n) is 14.3. The summed E-state index contributed by atoms with van der Waals surface area (Å²) in [4.78, 5) is 15.6. The number of rotatable bonds is 38. The van der Waals surface area contributed by atoms with Gasteiger partial charge in [-0.2, -0.15) is 11.8 Å². The smallest absolute Gasteiger partial charge is 0.407 e. The Labute approximate surface area is 305 Å². The lowest BCUT2D eigenvalue weighted by atomic mass is 10.1. The normalized spacial score (nSPS) is 12.1. The van der Waals surface area contributed by atoms with E-state index in [2.05, 4.69) is 62.4 Å². The van der Waals surface area contributed by atoms with Gasteiger partial charge in [-0.05, 0) is 103 Å². The lowest BCUT2D eigenvalue weighted by molar-refractivity contribution is 0.147. The van der Waals surface area contributed by atoms with Crippen LogP contribution >= 0.6 is 11.8 Å². The summed E-state index contributed by atoms with van der Waals surface area (Å²) in [5, 5.41) is 9.59. The van der Waals surface area contributed by atoms with Crippen LogP contribution in [0.3, 0.4) is 0 Å². The molecule has 0 saturated heterocycles. The summed E-state index contributed by atoms with van der Waals surface area (Å²) >= 11 is 1.93. The fraction of sp³-hybridized carbons (Fsp3) is 0.837. The number of hydrogen-bond donors (Lipinski definition) is 1. The summed E-state index contributed by atoms with van der Waals surface area (Å²) < 4.78 is 0. The van der Waals surface area contributed by atoms with E-state index < -0.39 is 6.09 Å². The summed E-state index contributed by atoms with van der Waals surface area (Å²) in [6.07, 6.45) is 49.6.